The summed E-state index contributed by atoms with van der Waals surface area (Å²) in [6.45, 7) is 4.49. The molecule has 0 aromatic carbocycles. The molecule has 128 valence electrons. The number of aromatic nitrogens is 2. The number of hydrogen-bond donors (Lipinski definition) is 2. The largest absolute Gasteiger partial charge is 0.354 e. The van der Waals surface area contributed by atoms with E-state index in [0.29, 0.717) is 17.8 Å². The van der Waals surface area contributed by atoms with Gasteiger partial charge in [0, 0.05) is 41.1 Å². The van der Waals surface area contributed by atoms with Gasteiger partial charge >= 0.3 is 0 Å². The molecule has 6 nitrogen and oxygen atoms in total. The van der Waals surface area contributed by atoms with Gasteiger partial charge in [-0.2, -0.15) is 0 Å². The Bertz CT molecular complexity index is 563. The molecule has 1 saturated carbocycles. The highest BCUT2D eigenvalue weighted by molar-refractivity contribution is 7.85. The van der Waals surface area contributed by atoms with Gasteiger partial charge in [0.15, 0.2) is 5.96 Å². The minimum Gasteiger partial charge on any atom is -0.354 e. The summed E-state index contributed by atoms with van der Waals surface area (Å²) in [7, 11) is 1.06. The molecule has 1 heterocycles. The zero-order valence-electron chi connectivity index (χ0n) is 14.2. The van der Waals surface area contributed by atoms with Crippen LogP contribution in [0.5, 0.6) is 0 Å². The van der Waals surface area contributed by atoms with Crippen molar-refractivity contribution in [2.45, 2.75) is 57.4 Å². The number of nitrogens with zero attached hydrogens (tertiary/aromatic N) is 3. The minimum absolute atomic E-state index is 0.314. The monoisotopic (exact) mass is 337 g/mol. The first-order valence-corrected chi connectivity index (χ1v) is 9.63. The predicted octanol–water partition coefficient (Wildman–Crippen LogP) is 1.53. The van der Waals surface area contributed by atoms with E-state index in [1.165, 1.54) is 0 Å². The van der Waals surface area contributed by atoms with E-state index in [9.17, 15) is 4.21 Å². The molecule has 0 bridgehead atoms. The molecule has 1 fully saturated rings. The molecule has 3 atom stereocenters. The molecule has 1 aliphatic rings. The summed E-state index contributed by atoms with van der Waals surface area (Å²) in [6.07, 6.45) is 6.01. The van der Waals surface area contributed by atoms with Gasteiger partial charge in [0.05, 0.1) is 12.2 Å². The average Bonchev–Trinajstić information content (AvgIpc) is 2.58. The highest BCUT2D eigenvalue weighted by atomic mass is 32.2. The normalized spacial score (nSPS) is 23.3. The fourth-order valence-corrected chi connectivity index (χ4v) is 4.26. The molecule has 0 saturated heterocycles. The van der Waals surface area contributed by atoms with Crippen molar-refractivity contribution in [2.75, 3.05) is 12.8 Å². The van der Waals surface area contributed by atoms with E-state index >= 15 is 0 Å². The number of guanidine groups is 1. The van der Waals surface area contributed by atoms with Gasteiger partial charge in [-0.05, 0) is 32.3 Å². The second kappa shape index (κ2) is 8.96. The maximum atomic E-state index is 12.0. The Morgan fingerprint density at radius 2 is 2.30 bits per heavy atom. The van der Waals surface area contributed by atoms with E-state index in [1.54, 1.807) is 13.2 Å². The summed E-state index contributed by atoms with van der Waals surface area (Å²) in [5.41, 5.74) is 0.939. The highest BCUT2D eigenvalue weighted by Gasteiger charge is 2.25. The Kier molecular flexibility index (Phi) is 6.95. The van der Waals surface area contributed by atoms with Crippen molar-refractivity contribution in [1.29, 1.82) is 0 Å². The van der Waals surface area contributed by atoms with Crippen LogP contribution in [0, 0.1) is 6.92 Å². The average molecular weight is 337 g/mol. The zero-order valence-corrected chi connectivity index (χ0v) is 15.0. The molecule has 1 aromatic rings. The minimum atomic E-state index is -0.704. The first-order chi connectivity index (χ1) is 11.1. The molecular weight excluding hydrogens is 310 g/mol. The van der Waals surface area contributed by atoms with Crippen LogP contribution < -0.4 is 10.6 Å². The molecule has 0 aliphatic heterocycles. The number of rotatable bonds is 5. The van der Waals surface area contributed by atoms with Crippen molar-refractivity contribution in [3.8, 4) is 0 Å². The fourth-order valence-electron chi connectivity index (χ4n) is 2.92. The second-order valence-corrected chi connectivity index (χ2v) is 7.83. The molecule has 3 unspecified atom stereocenters. The van der Waals surface area contributed by atoms with E-state index < -0.39 is 10.8 Å². The Morgan fingerprint density at radius 1 is 1.48 bits per heavy atom. The van der Waals surface area contributed by atoms with Gasteiger partial charge in [-0.15, -0.1) is 0 Å². The maximum absolute atomic E-state index is 12.0. The fraction of sp³-hybridized carbons (Fsp3) is 0.688. The van der Waals surface area contributed by atoms with Crippen LogP contribution in [0.1, 0.15) is 44.1 Å². The molecule has 2 N–H and O–H groups in total. The smallest absolute Gasteiger partial charge is 0.191 e. The molecule has 0 amide bonds. The van der Waals surface area contributed by atoms with E-state index in [2.05, 4.69) is 25.6 Å². The molecule has 0 radical (unpaired) electrons. The summed E-state index contributed by atoms with van der Waals surface area (Å²) in [6, 6.07) is 2.23. The van der Waals surface area contributed by atoms with Gasteiger partial charge in [-0.1, -0.05) is 13.3 Å². The van der Waals surface area contributed by atoms with Gasteiger partial charge in [0.25, 0.3) is 0 Å². The lowest BCUT2D eigenvalue weighted by Crippen LogP contribution is -2.46. The lowest BCUT2D eigenvalue weighted by atomic mass is 9.95. The van der Waals surface area contributed by atoms with Crippen LogP contribution in [-0.2, 0) is 17.3 Å². The van der Waals surface area contributed by atoms with Crippen molar-refractivity contribution >= 4 is 16.8 Å². The Balaban J connectivity index is 1.85. The summed E-state index contributed by atoms with van der Waals surface area (Å²) in [5, 5.41) is 7.07. The lowest BCUT2D eigenvalue weighted by molar-refractivity contribution is 0.413. The molecule has 23 heavy (non-hydrogen) atoms. The van der Waals surface area contributed by atoms with Crippen molar-refractivity contribution in [3.05, 3.63) is 23.8 Å². The highest BCUT2D eigenvalue weighted by Crippen LogP contribution is 2.22. The van der Waals surface area contributed by atoms with Crippen molar-refractivity contribution in [1.82, 2.24) is 20.6 Å². The number of aryl methyl sites for hydroxylation is 1. The summed E-state index contributed by atoms with van der Waals surface area (Å²) in [4.78, 5) is 12.8. The summed E-state index contributed by atoms with van der Waals surface area (Å²) in [5.74, 6) is 2.29. The Morgan fingerprint density at radius 3 is 3.00 bits per heavy atom. The van der Waals surface area contributed by atoms with Gasteiger partial charge in [0.1, 0.15) is 5.82 Å². The Hall–Kier alpha value is -1.50. The van der Waals surface area contributed by atoms with Crippen molar-refractivity contribution in [2.24, 2.45) is 4.99 Å². The number of hydrogen-bond acceptors (Lipinski definition) is 4. The quantitative estimate of drug-likeness (QED) is 0.629. The molecule has 0 spiro atoms. The van der Waals surface area contributed by atoms with Crippen molar-refractivity contribution in [3.63, 3.8) is 0 Å². The first-order valence-electron chi connectivity index (χ1n) is 8.25. The predicted molar refractivity (Wildman–Crippen MR) is 94.8 cm³/mol. The van der Waals surface area contributed by atoms with Gasteiger partial charge in [0.2, 0.25) is 0 Å². The molecular formula is C16H27N5OS. The van der Waals surface area contributed by atoms with Crippen LogP contribution in [0.3, 0.4) is 0 Å². The third kappa shape index (κ3) is 5.57. The van der Waals surface area contributed by atoms with E-state index in [1.807, 2.05) is 19.9 Å². The third-order valence-electron chi connectivity index (χ3n) is 4.12. The van der Waals surface area contributed by atoms with Crippen molar-refractivity contribution < 1.29 is 4.21 Å². The van der Waals surface area contributed by atoms with Crippen LogP contribution >= 0.6 is 0 Å². The topological polar surface area (TPSA) is 79.3 Å². The van der Waals surface area contributed by atoms with Gasteiger partial charge in [-0.25, -0.2) is 9.97 Å². The van der Waals surface area contributed by atoms with E-state index in [-0.39, 0.29) is 0 Å². The van der Waals surface area contributed by atoms with Crippen LogP contribution in [0.2, 0.25) is 0 Å². The van der Waals surface area contributed by atoms with Crippen LogP contribution in [-0.4, -0.2) is 44.2 Å². The Labute approximate surface area is 141 Å². The van der Waals surface area contributed by atoms with Crippen LogP contribution in [0.25, 0.3) is 0 Å². The lowest BCUT2D eigenvalue weighted by Gasteiger charge is -2.30. The van der Waals surface area contributed by atoms with Crippen LogP contribution in [0.15, 0.2) is 17.3 Å². The number of nitrogens with one attached hydrogen (secondary N) is 2. The molecule has 7 heteroatoms. The SMILES string of the molecule is CCS(=O)C1CCCC(NC(=NC)NCc2ccnc(C)n2)C1. The molecule has 1 aliphatic carbocycles. The zero-order chi connectivity index (χ0) is 16.7. The maximum Gasteiger partial charge on any atom is 0.191 e. The number of aliphatic imine (C=N–C) groups is 1. The molecule has 2 rings (SSSR count). The van der Waals surface area contributed by atoms with Crippen LogP contribution in [0.4, 0.5) is 0 Å². The second-order valence-electron chi connectivity index (χ2n) is 5.82. The van der Waals surface area contributed by atoms with E-state index in [4.69, 9.17) is 0 Å². The van der Waals surface area contributed by atoms with E-state index in [0.717, 1.165) is 48.9 Å². The summed E-state index contributed by atoms with van der Waals surface area (Å²) < 4.78 is 12.0. The molecule has 1 aromatic heterocycles. The third-order valence-corrected chi connectivity index (χ3v) is 5.86. The first kappa shape index (κ1) is 17.8. The standard InChI is InChI=1S/C16H27N5OS/c1-4-23(22)15-7-5-6-13(10-15)21-16(17-3)19-11-14-8-9-18-12(2)20-14/h8-9,13,15H,4-7,10-11H2,1-3H3,(H2,17,19,21). The summed E-state index contributed by atoms with van der Waals surface area (Å²) >= 11 is 0. The van der Waals surface area contributed by atoms with Gasteiger partial charge in [-0.3, -0.25) is 9.20 Å². The van der Waals surface area contributed by atoms with Gasteiger partial charge < -0.3 is 10.6 Å².